The molecular formula is C14H28N4. The summed E-state index contributed by atoms with van der Waals surface area (Å²) in [7, 11) is 2.20. The Morgan fingerprint density at radius 2 is 1.94 bits per heavy atom. The van der Waals surface area contributed by atoms with E-state index in [1.54, 1.807) is 0 Å². The third kappa shape index (κ3) is 4.56. The normalized spacial score (nSPS) is 27.9. The maximum Gasteiger partial charge on any atom is 0.0965 e. The third-order valence-corrected chi connectivity index (χ3v) is 3.97. The van der Waals surface area contributed by atoms with Crippen molar-refractivity contribution in [2.75, 3.05) is 33.2 Å². The van der Waals surface area contributed by atoms with Crippen LogP contribution in [-0.2, 0) is 0 Å². The molecule has 1 heterocycles. The van der Waals surface area contributed by atoms with Gasteiger partial charge in [0.2, 0.25) is 0 Å². The van der Waals surface area contributed by atoms with E-state index < -0.39 is 0 Å². The molecule has 0 amide bonds. The van der Waals surface area contributed by atoms with Crippen LogP contribution in [0.3, 0.4) is 0 Å². The molecule has 3 unspecified atom stereocenters. The first-order valence-corrected chi connectivity index (χ1v) is 7.15. The minimum atomic E-state index is 0.00946. The second-order valence-corrected chi connectivity index (χ2v) is 5.55. The first kappa shape index (κ1) is 15.4. The summed E-state index contributed by atoms with van der Waals surface area (Å²) in [5.41, 5.74) is 0. The monoisotopic (exact) mass is 252 g/mol. The summed E-state index contributed by atoms with van der Waals surface area (Å²) in [6.07, 6.45) is 2.01. The van der Waals surface area contributed by atoms with Gasteiger partial charge in [0, 0.05) is 31.7 Å². The zero-order valence-electron chi connectivity index (χ0n) is 12.3. The topological polar surface area (TPSA) is 42.3 Å². The van der Waals surface area contributed by atoms with Gasteiger partial charge in [-0.15, -0.1) is 0 Å². The predicted molar refractivity (Wildman–Crippen MR) is 75.4 cm³/mol. The van der Waals surface area contributed by atoms with Crippen molar-refractivity contribution < 1.29 is 0 Å². The van der Waals surface area contributed by atoms with E-state index in [9.17, 15) is 0 Å². The average Bonchev–Trinajstić information content (AvgIpc) is 2.36. The van der Waals surface area contributed by atoms with E-state index in [1.807, 2.05) is 0 Å². The minimum absolute atomic E-state index is 0.00946. The quantitative estimate of drug-likeness (QED) is 0.773. The molecule has 1 aliphatic rings. The molecule has 1 rings (SSSR count). The molecule has 1 N–H and O–H groups in total. The molecule has 4 nitrogen and oxygen atoms in total. The number of likely N-dealkylation sites (N-methyl/N-ethyl adjacent to an activating group) is 1. The molecule has 0 aromatic rings. The highest BCUT2D eigenvalue weighted by molar-refractivity contribution is 4.91. The standard InChI is InChI=1S/C14H28N4/c1-5-7-16-14(9-15)6-8-18-10-12(2)17(4)13(3)11-18/h12-14,16H,5-8,10-11H2,1-4H3. The first-order valence-electron chi connectivity index (χ1n) is 7.15. The fraction of sp³-hybridized carbons (Fsp3) is 0.929. The van der Waals surface area contributed by atoms with Gasteiger partial charge in [-0.05, 0) is 40.3 Å². The highest BCUT2D eigenvalue weighted by atomic mass is 15.3. The molecule has 0 aromatic carbocycles. The maximum absolute atomic E-state index is 9.09. The summed E-state index contributed by atoms with van der Waals surface area (Å²) in [5.74, 6) is 0. The second kappa shape index (κ2) is 7.73. The molecule has 0 saturated carbocycles. The van der Waals surface area contributed by atoms with Crippen LogP contribution in [0.25, 0.3) is 0 Å². The van der Waals surface area contributed by atoms with Crippen LogP contribution in [0.15, 0.2) is 0 Å². The fourth-order valence-corrected chi connectivity index (χ4v) is 2.54. The Balaban J connectivity index is 2.32. The van der Waals surface area contributed by atoms with E-state index in [0.29, 0.717) is 12.1 Å². The lowest BCUT2D eigenvalue weighted by Crippen LogP contribution is -2.55. The summed E-state index contributed by atoms with van der Waals surface area (Å²) >= 11 is 0. The maximum atomic E-state index is 9.09. The van der Waals surface area contributed by atoms with Gasteiger partial charge in [-0.25, -0.2) is 0 Å². The molecule has 3 atom stereocenters. The Morgan fingerprint density at radius 1 is 1.33 bits per heavy atom. The third-order valence-electron chi connectivity index (χ3n) is 3.97. The van der Waals surface area contributed by atoms with Gasteiger partial charge >= 0.3 is 0 Å². The van der Waals surface area contributed by atoms with Gasteiger partial charge in [0.25, 0.3) is 0 Å². The number of nitriles is 1. The van der Waals surface area contributed by atoms with Gasteiger partial charge in [-0.1, -0.05) is 6.92 Å². The number of nitrogens with zero attached hydrogens (tertiary/aromatic N) is 3. The number of piperazine rings is 1. The largest absolute Gasteiger partial charge is 0.302 e. The highest BCUT2D eigenvalue weighted by Crippen LogP contribution is 2.13. The minimum Gasteiger partial charge on any atom is -0.302 e. The lowest BCUT2D eigenvalue weighted by molar-refractivity contribution is 0.0586. The Kier molecular flexibility index (Phi) is 6.62. The lowest BCUT2D eigenvalue weighted by Gasteiger charge is -2.42. The summed E-state index contributed by atoms with van der Waals surface area (Å²) < 4.78 is 0. The molecule has 4 heteroatoms. The van der Waals surface area contributed by atoms with Crippen molar-refractivity contribution in [2.45, 2.75) is 51.7 Å². The van der Waals surface area contributed by atoms with Crippen LogP contribution < -0.4 is 5.32 Å². The Hall–Kier alpha value is -0.630. The molecule has 1 saturated heterocycles. The summed E-state index contributed by atoms with van der Waals surface area (Å²) in [4.78, 5) is 4.93. The zero-order valence-corrected chi connectivity index (χ0v) is 12.3. The molecule has 0 radical (unpaired) electrons. The molecule has 1 aliphatic heterocycles. The van der Waals surface area contributed by atoms with E-state index in [4.69, 9.17) is 5.26 Å². The molecule has 18 heavy (non-hydrogen) atoms. The van der Waals surface area contributed by atoms with Crippen LogP contribution in [0, 0.1) is 11.3 Å². The van der Waals surface area contributed by atoms with Crippen molar-refractivity contribution >= 4 is 0 Å². The second-order valence-electron chi connectivity index (χ2n) is 5.55. The number of hydrogen-bond donors (Lipinski definition) is 1. The predicted octanol–water partition coefficient (Wildman–Crippen LogP) is 1.29. The Labute approximate surface area is 112 Å². The van der Waals surface area contributed by atoms with Crippen molar-refractivity contribution in [3.63, 3.8) is 0 Å². The molecule has 0 aromatic heterocycles. The van der Waals surface area contributed by atoms with E-state index in [2.05, 4.69) is 49.0 Å². The van der Waals surface area contributed by atoms with E-state index in [1.165, 1.54) is 0 Å². The van der Waals surface area contributed by atoms with Crippen molar-refractivity contribution in [2.24, 2.45) is 0 Å². The molecular weight excluding hydrogens is 224 g/mol. The van der Waals surface area contributed by atoms with E-state index in [-0.39, 0.29) is 6.04 Å². The van der Waals surface area contributed by atoms with E-state index in [0.717, 1.165) is 39.0 Å². The number of hydrogen-bond acceptors (Lipinski definition) is 4. The van der Waals surface area contributed by atoms with Crippen molar-refractivity contribution in [1.82, 2.24) is 15.1 Å². The Bertz CT molecular complexity index is 261. The molecule has 104 valence electrons. The van der Waals surface area contributed by atoms with Crippen LogP contribution in [0.5, 0.6) is 0 Å². The SMILES string of the molecule is CCCNC(C#N)CCN1CC(C)N(C)C(C)C1. The zero-order chi connectivity index (χ0) is 13.5. The average molecular weight is 252 g/mol. The van der Waals surface area contributed by atoms with Crippen LogP contribution >= 0.6 is 0 Å². The summed E-state index contributed by atoms with van der Waals surface area (Å²) in [6.45, 7) is 10.9. The van der Waals surface area contributed by atoms with Gasteiger partial charge in [-0.3, -0.25) is 4.90 Å². The van der Waals surface area contributed by atoms with Gasteiger partial charge in [0.15, 0.2) is 0 Å². The highest BCUT2D eigenvalue weighted by Gasteiger charge is 2.26. The summed E-state index contributed by atoms with van der Waals surface area (Å²) in [6, 6.07) is 3.59. The van der Waals surface area contributed by atoms with Crippen molar-refractivity contribution in [3.8, 4) is 6.07 Å². The molecule has 0 spiro atoms. The van der Waals surface area contributed by atoms with Crippen LogP contribution in [-0.4, -0.2) is 61.2 Å². The molecule has 1 fully saturated rings. The van der Waals surface area contributed by atoms with Gasteiger partial charge in [0.05, 0.1) is 12.1 Å². The molecule has 0 bridgehead atoms. The number of nitrogens with one attached hydrogen (secondary N) is 1. The van der Waals surface area contributed by atoms with Crippen molar-refractivity contribution in [1.29, 1.82) is 5.26 Å². The van der Waals surface area contributed by atoms with Gasteiger partial charge in [0.1, 0.15) is 0 Å². The van der Waals surface area contributed by atoms with Crippen LogP contribution in [0.1, 0.15) is 33.6 Å². The summed E-state index contributed by atoms with van der Waals surface area (Å²) in [5, 5.41) is 12.4. The van der Waals surface area contributed by atoms with Crippen LogP contribution in [0.2, 0.25) is 0 Å². The van der Waals surface area contributed by atoms with Gasteiger partial charge < -0.3 is 10.2 Å². The van der Waals surface area contributed by atoms with Crippen molar-refractivity contribution in [3.05, 3.63) is 0 Å². The molecule has 0 aliphatic carbocycles. The smallest absolute Gasteiger partial charge is 0.0965 e. The first-order chi connectivity index (χ1) is 8.58. The Morgan fingerprint density at radius 3 is 2.44 bits per heavy atom. The fourth-order valence-electron chi connectivity index (χ4n) is 2.54. The lowest BCUT2D eigenvalue weighted by atomic mass is 10.1. The van der Waals surface area contributed by atoms with Gasteiger partial charge in [-0.2, -0.15) is 5.26 Å². The van der Waals surface area contributed by atoms with Crippen LogP contribution in [0.4, 0.5) is 0 Å². The van der Waals surface area contributed by atoms with E-state index >= 15 is 0 Å². The number of rotatable bonds is 6.